The summed E-state index contributed by atoms with van der Waals surface area (Å²) in [6, 6.07) is 17.8. The molecule has 0 bridgehead atoms. The standard InChI is InChI=1S/C16H15N3O/c1-20-16-10-5-3-8-14(16)18-13-7-2-4-9-15(13)19-12-6-11-17-19/h2-12,18H,1H3. The Bertz CT molecular complexity index is 692. The molecule has 0 spiro atoms. The smallest absolute Gasteiger partial charge is 0.142 e. The maximum Gasteiger partial charge on any atom is 0.142 e. The molecule has 1 heterocycles. The first-order chi connectivity index (χ1) is 9.88. The van der Waals surface area contributed by atoms with E-state index in [4.69, 9.17) is 4.74 Å². The van der Waals surface area contributed by atoms with Crippen LogP contribution in [0.1, 0.15) is 0 Å². The van der Waals surface area contributed by atoms with Crippen molar-refractivity contribution in [1.29, 1.82) is 0 Å². The zero-order valence-electron chi connectivity index (χ0n) is 11.2. The van der Waals surface area contributed by atoms with E-state index >= 15 is 0 Å². The maximum absolute atomic E-state index is 5.36. The van der Waals surface area contributed by atoms with Gasteiger partial charge in [0.2, 0.25) is 0 Å². The van der Waals surface area contributed by atoms with Gasteiger partial charge in [0, 0.05) is 12.4 Å². The number of rotatable bonds is 4. The average molecular weight is 265 g/mol. The number of nitrogens with zero attached hydrogens (tertiary/aromatic N) is 2. The van der Waals surface area contributed by atoms with Crippen LogP contribution in [-0.4, -0.2) is 16.9 Å². The highest BCUT2D eigenvalue weighted by Crippen LogP contribution is 2.29. The third-order valence-electron chi connectivity index (χ3n) is 3.03. The molecule has 0 aliphatic carbocycles. The molecule has 3 rings (SSSR count). The van der Waals surface area contributed by atoms with Crippen molar-refractivity contribution in [2.75, 3.05) is 12.4 Å². The quantitative estimate of drug-likeness (QED) is 0.783. The van der Waals surface area contributed by atoms with Crippen molar-refractivity contribution >= 4 is 11.4 Å². The summed E-state index contributed by atoms with van der Waals surface area (Å²) in [6.45, 7) is 0. The lowest BCUT2D eigenvalue weighted by Gasteiger charge is -2.14. The number of aromatic nitrogens is 2. The first-order valence-electron chi connectivity index (χ1n) is 6.37. The molecule has 20 heavy (non-hydrogen) atoms. The second kappa shape index (κ2) is 5.48. The van der Waals surface area contributed by atoms with Gasteiger partial charge in [-0.1, -0.05) is 24.3 Å². The van der Waals surface area contributed by atoms with Crippen molar-refractivity contribution in [3.05, 3.63) is 67.0 Å². The van der Waals surface area contributed by atoms with Crippen LogP contribution >= 0.6 is 0 Å². The summed E-state index contributed by atoms with van der Waals surface area (Å²) in [6.07, 6.45) is 3.68. The van der Waals surface area contributed by atoms with Crippen LogP contribution in [0.2, 0.25) is 0 Å². The summed E-state index contributed by atoms with van der Waals surface area (Å²) >= 11 is 0. The number of benzene rings is 2. The van der Waals surface area contributed by atoms with Crippen LogP contribution in [0.25, 0.3) is 5.69 Å². The fourth-order valence-electron chi connectivity index (χ4n) is 2.08. The molecule has 1 N–H and O–H groups in total. The zero-order chi connectivity index (χ0) is 13.8. The van der Waals surface area contributed by atoms with Crippen LogP contribution in [0.5, 0.6) is 5.75 Å². The largest absolute Gasteiger partial charge is 0.495 e. The fourth-order valence-corrected chi connectivity index (χ4v) is 2.08. The van der Waals surface area contributed by atoms with Crippen molar-refractivity contribution in [3.8, 4) is 11.4 Å². The number of nitrogens with one attached hydrogen (secondary N) is 1. The Kier molecular flexibility index (Phi) is 3.37. The molecule has 100 valence electrons. The van der Waals surface area contributed by atoms with Gasteiger partial charge in [-0.2, -0.15) is 5.10 Å². The summed E-state index contributed by atoms with van der Waals surface area (Å²) in [5.41, 5.74) is 2.89. The summed E-state index contributed by atoms with van der Waals surface area (Å²) in [7, 11) is 1.67. The predicted octanol–water partition coefficient (Wildman–Crippen LogP) is 3.62. The van der Waals surface area contributed by atoms with Crippen LogP contribution < -0.4 is 10.1 Å². The summed E-state index contributed by atoms with van der Waals surface area (Å²) < 4.78 is 7.19. The minimum absolute atomic E-state index is 0.808. The van der Waals surface area contributed by atoms with E-state index in [1.165, 1.54) is 0 Å². The van der Waals surface area contributed by atoms with Crippen LogP contribution in [0, 0.1) is 0 Å². The predicted molar refractivity (Wildman–Crippen MR) is 79.8 cm³/mol. The third-order valence-corrected chi connectivity index (χ3v) is 3.03. The number of hydrogen-bond donors (Lipinski definition) is 1. The van der Waals surface area contributed by atoms with E-state index in [1.54, 1.807) is 13.3 Å². The normalized spacial score (nSPS) is 10.2. The molecule has 0 unspecified atom stereocenters. The average Bonchev–Trinajstić information content (AvgIpc) is 3.02. The van der Waals surface area contributed by atoms with E-state index in [2.05, 4.69) is 10.4 Å². The van der Waals surface area contributed by atoms with Gasteiger partial charge in [0.25, 0.3) is 0 Å². The summed E-state index contributed by atoms with van der Waals surface area (Å²) in [5, 5.41) is 7.67. The van der Waals surface area contributed by atoms with Crippen molar-refractivity contribution in [2.24, 2.45) is 0 Å². The molecule has 0 radical (unpaired) electrons. The van der Waals surface area contributed by atoms with Gasteiger partial charge in [-0.05, 0) is 30.3 Å². The SMILES string of the molecule is COc1ccccc1Nc1ccccc1-n1cccn1. The van der Waals surface area contributed by atoms with Gasteiger partial charge in [-0.3, -0.25) is 0 Å². The Hall–Kier alpha value is -2.75. The minimum atomic E-state index is 0.808. The van der Waals surface area contributed by atoms with Gasteiger partial charge in [0.1, 0.15) is 5.75 Å². The van der Waals surface area contributed by atoms with Gasteiger partial charge in [-0.15, -0.1) is 0 Å². The Morgan fingerprint density at radius 2 is 1.70 bits per heavy atom. The lowest BCUT2D eigenvalue weighted by atomic mass is 10.2. The van der Waals surface area contributed by atoms with E-state index < -0.39 is 0 Å². The minimum Gasteiger partial charge on any atom is -0.495 e. The lowest BCUT2D eigenvalue weighted by Crippen LogP contribution is -2.01. The van der Waals surface area contributed by atoms with Gasteiger partial charge < -0.3 is 10.1 Å². The highest BCUT2D eigenvalue weighted by atomic mass is 16.5. The van der Waals surface area contributed by atoms with Crippen LogP contribution in [0.4, 0.5) is 11.4 Å². The first-order valence-corrected chi connectivity index (χ1v) is 6.37. The van der Waals surface area contributed by atoms with Crippen LogP contribution in [0.3, 0.4) is 0 Å². The molecule has 4 nitrogen and oxygen atoms in total. The molecule has 4 heteroatoms. The zero-order valence-corrected chi connectivity index (χ0v) is 11.2. The highest BCUT2D eigenvalue weighted by molar-refractivity contribution is 5.72. The van der Waals surface area contributed by atoms with Gasteiger partial charge >= 0.3 is 0 Å². The molecule has 0 atom stereocenters. The van der Waals surface area contributed by atoms with Crippen molar-refractivity contribution in [1.82, 2.24) is 9.78 Å². The topological polar surface area (TPSA) is 39.1 Å². The molecule has 0 aliphatic heterocycles. The summed E-state index contributed by atoms with van der Waals surface area (Å²) in [4.78, 5) is 0. The monoisotopic (exact) mass is 265 g/mol. The van der Waals surface area contributed by atoms with Crippen LogP contribution in [0.15, 0.2) is 67.0 Å². The van der Waals surface area contributed by atoms with Gasteiger partial charge in [-0.25, -0.2) is 4.68 Å². The molecule has 0 amide bonds. The van der Waals surface area contributed by atoms with Crippen molar-refractivity contribution in [2.45, 2.75) is 0 Å². The van der Waals surface area contributed by atoms with E-state index in [1.807, 2.05) is 65.5 Å². The lowest BCUT2D eigenvalue weighted by molar-refractivity contribution is 0.417. The Labute approximate surface area is 117 Å². The number of anilines is 2. The van der Waals surface area contributed by atoms with Crippen molar-refractivity contribution < 1.29 is 4.74 Å². The molecule has 0 aliphatic rings. The molecule has 2 aromatic carbocycles. The van der Waals surface area contributed by atoms with Crippen molar-refractivity contribution in [3.63, 3.8) is 0 Å². The highest BCUT2D eigenvalue weighted by Gasteiger charge is 2.07. The second-order valence-electron chi connectivity index (χ2n) is 4.29. The molecule has 0 fully saturated rings. The van der Waals surface area contributed by atoms with E-state index in [0.717, 1.165) is 22.8 Å². The molecular formula is C16H15N3O. The molecule has 3 aromatic rings. The Morgan fingerprint density at radius 1 is 0.950 bits per heavy atom. The van der Waals surface area contributed by atoms with E-state index in [9.17, 15) is 0 Å². The molecular weight excluding hydrogens is 250 g/mol. The van der Waals surface area contributed by atoms with Gasteiger partial charge in [0.05, 0.1) is 24.2 Å². The van der Waals surface area contributed by atoms with Gasteiger partial charge in [0.15, 0.2) is 0 Å². The Balaban J connectivity index is 1.99. The third kappa shape index (κ3) is 2.36. The molecule has 0 saturated carbocycles. The van der Waals surface area contributed by atoms with E-state index in [-0.39, 0.29) is 0 Å². The number of methoxy groups -OCH3 is 1. The Morgan fingerprint density at radius 3 is 2.45 bits per heavy atom. The summed E-state index contributed by atoms with van der Waals surface area (Å²) in [5.74, 6) is 0.808. The first kappa shape index (κ1) is 12.3. The second-order valence-corrected chi connectivity index (χ2v) is 4.29. The van der Waals surface area contributed by atoms with Crippen LogP contribution in [-0.2, 0) is 0 Å². The fraction of sp³-hybridized carbons (Fsp3) is 0.0625. The van der Waals surface area contributed by atoms with E-state index in [0.29, 0.717) is 0 Å². The number of hydrogen-bond acceptors (Lipinski definition) is 3. The number of para-hydroxylation sites is 4. The molecule has 0 saturated heterocycles. The maximum atomic E-state index is 5.36. The number of ether oxygens (including phenoxy) is 1. The molecule has 1 aromatic heterocycles.